The largest absolute Gasteiger partial charge is 0.368 e. The Morgan fingerprint density at radius 2 is 1.83 bits per heavy atom. The summed E-state index contributed by atoms with van der Waals surface area (Å²) in [5.74, 6) is 0.751. The van der Waals surface area contributed by atoms with Crippen molar-refractivity contribution in [2.75, 3.05) is 26.2 Å². The normalized spacial score (nSPS) is 22.9. The van der Waals surface area contributed by atoms with Crippen LogP contribution in [0, 0.1) is 5.92 Å². The lowest BCUT2D eigenvalue weighted by Gasteiger charge is -2.24. The summed E-state index contributed by atoms with van der Waals surface area (Å²) in [6, 6.07) is 0. The Kier molecular flexibility index (Phi) is 5.94. The van der Waals surface area contributed by atoms with Gasteiger partial charge in [0.05, 0.1) is 6.10 Å². The van der Waals surface area contributed by atoms with Crippen LogP contribution in [0.25, 0.3) is 0 Å². The first-order valence-electron chi connectivity index (χ1n) is 7.43. The molecular formula is C14H26N2O2. The number of carbonyl (C=O) groups is 1. The van der Waals surface area contributed by atoms with Crippen molar-refractivity contribution >= 4 is 5.91 Å². The Morgan fingerprint density at radius 1 is 1.11 bits per heavy atom. The van der Waals surface area contributed by atoms with Gasteiger partial charge in [0.25, 0.3) is 0 Å². The number of hydrogen-bond acceptors (Lipinski definition) is 3. The molecule has 104 valence electrons. The first-order valence-corrected chi connectivity index (χ1v) is 7.43. The van der Waals surface area contributed by atoms with E-state index in [-0.39, 0.29) is 18.6 Å². The van der Waals surface area contributed by atoms with E-state index < -0.39 is 0 Å². The third-order valence-electron chi connectivity index (χ3n) is 4.05. The van der Waals surface area contributed by atoms with Crippen molar-refractivity contribution in [3.05, 3.63) is 0 Å². The summed E-state index contributed by atoms with van der Waals surface area (Å²) in [7, 11) is 0. The molecule has 2 rings (SSSR count). The lowest BCUT2D eigenvalue weighted by atomic mass is 9.89. The van der Waals surface area contributed by atoms with Crippen LogP contribution >= 0.6 is 0 Å². The van der Waals surface area contributed by atoms with Gasteiger partial charge in [-0.3, -0.25) is 4.79 Å². The van der Waals surface area contributed by atoms with Gasteiger partial charge < -0.3 is 15.4 Å². The van der Waals surface area contributed by atoms with Gasteiger partial charge in [-0.25, -0.2) is 0 Å². The van der Waals surface area contributed by atoms with E-state index in [1.54, 1.807) is 0 Å². The number of piperidine rings is 1. The number of carbonyl (C=O) groups excluding carboxylic acids is 1. The average molecular weight is 254 g/mol. The SMILES string of the molecule is O=C(COC1CCNCC1)NCC1CCCCC1. The molecule has 1 saturated heterocycles. The van der Waals surface area contributed by atoms with E-state index in [2.05, 4.69) is 10.6 Å². The third kappa shape index (κ3) is 4.94. The minimum Gasteiger partial charge on any atom is -0.368 e. The molecule has 1 aliphatic carbocycles. The smallest absolute Gasteiger partial charge is 0.246 e. The maximum Gasteiger partial charge on any atom is 0.246 e. The fourth-order valence-corrected chi connectivity index (χ4v) is 2.86. The van der Waals surface area contributed by atoms with Crippen LogP contribution in [0.5, 0.6) is 0 Å². The molecule has 4 nitrogen and oxygen atoms in total. The van der Waals surface area contributed by atoms with E-state index in [0.717, 1.165) is 32.5 Å². The van der Waals surface area contributed by atoms with Crippen LogP contribution in [0.2, 0.25) is 0 Å². The average Bonchev–Trinajstić information content (AvgIpc) is 2.45. The molecule has 0 aromatic carbocycles. The van der Waals surface area contributed by atoms with Gasteiger partial charge in [0.1, 0.15) is 6.61 Å². The van der Waals surface area contributed by atoms with Gasteiger partial charge >= 0.3 is 0 Å². The van der Waals surface area contributed by atoms with Crippen molar-refractivity contribution in [1.82, 2.24) is 10.6 Å². The van der Waals surface area contributed by atoms with Crippen molar-refractivity contribution in [3.63, 3.8) is 0 Å². The molecule has 0 unspecified atom stereocenters. The third-order valence-corrected chi connectivity index (χ3v) is 4.05. The predicted octanol–water partition coefficient (Wildman–Crippen LogP) is 1.45. The molecule has 2 N–H and O–H groups in total. The Labute approximate surface area is 110 Å². The van der Waals surface area contributed by atoms with E-state index in [0.29, 0.717) is 5.92 Å². The Bertz CT molecular complexity index is 222. The van der Waals surface area contributed by atoms with Crippen LogP contribution < -0.4 is 10.6 Å². The van der Waals surface area contributed by atoms with Crippen LogP contribution in [-0.4, -0.2) is 38.3 Å². The Hall–Kier alpha value is -0.610. The van der Waals surface area contributed by atoms with Gasteiger partial charge in [-0.2, -0.15) is 0 Å². The monoisotopic (exact) mass is 254 g/mol. The Morgan fingerprint density at radius 3 is 2.56 bits per heavy atom. The number of rotatable bonds is 5. The molecule has 4 heteroatoms. The van der Waals surface area contributed by atoms with E-state index in [4.69, 9.17) is 4.74 Å². The molecule has 0 bridgehead atoms. The highest BCUT2D eigenvalue weighted by Crippen LogP contribution is 2.22. The molecule has 1 heterocycles. The van der Waals surface area contributed by atoms with Crippen molar-refractivity contribution in [2.24, 2.45) is 5.92 Å². The fraction of sp³-hybridized carbons (Fsp3) is 0.929. The van der Waals surface area contributed by atoms with Crippen LogP contribution in [0.15, 0.2) is 0 Å². The summed E-state index contributed by atoms with van der Waals surface area (Å²) in [4.78, 5) is 11.7. The summed E-state index contributed by atoms with van der Waals surface area (Å²) in [6.07, 6.45) is 8.88. The molecule has 2 aliphatic rings. The first kappa shape index (κ1) is 13.8. The fourth-order valence-electron chi connectivity index (χ4n) is 2.86. The number of hydrogen-bond donors (Lipinski definition) is 2. The van der Waals surface area contributed by atoms with Crippen LogP contribution in [0.4, 0.5) is 0 Å². The molecule has 0 spiro atoms. The highest BCUT2D eigenvalue weighted by Gasteiger charge is 2.16. The summed E-state index contributed by atoms with van der Waals surface area (Å²) >= 11 is 0. The quantitative estimate of drug-likeness (QED) is 0.781. The van der Waals surface area contributed by atoms with Crippen molar-refractivity contribution in [3.8, 4) is 0 Å². The van der Waals surface area contributed by atoms with Gasteiger partial charge in [0, 0.05) is 6.54 Å². The van der Waals surface area contributed by atoms with Gasteiger partial charge in [0.15, 0.2) is 0 Å². The van der Waals surface area contributed by atoms with Crippen LogP contribution in [0.1, 0.15) is 44.9 Å². The molecule has 18 heavy (non-hydrogen) atoms. The zero-order valence-corrected chi connectivity index (χ0v) is 11.2. The Balaban J connectivity index is 1.54. The van der Waals surface area contributed by atoms with Crippen LogP contribution in [-0.2, 0) is 9.53 Å². The van der Waals surface area contributed by atoms with E-state index >= 15 is 0 Å². The second-order valence-electron chi connectivity index (χ2n) is 5.57. The number of amides is 1. The molecule has 0 aromatic rings. The summed E-state index contributed by atoms with van der Waals surface area (Å²) in [5, 5.41) is 6.30. The van der Waals surface area contributed by atoms with Gasteiger partial charge in [-0.05, 0) is 44.7 Å². The second kappa shape index (κ2) is 7.74. The summed E-state index contributed by atoms with van der Waals surface area (Å²) < 4.78 is 5.63. The van der Waals surface area contributed by atoms with Gasteiger partial charge in [0.2, 0.25) is 5.91 Å². The van der Waals surface area contributed by atoms with Gasteiger partial charge in [-0.1, -0.05) is 19.3 Å². The van der Waals surface area contributed by atoms with E-state index in [9.17, 15) is 4.79 Å². The lowest BCUT2D eigenvalue weighted by Crippen LogP contribution is -2.37. The topological polar surface area (TPSA) is 50.4 Å². The highest BCUT2D eigenvalue weighted by molar-refractivity contribution is 5.77. The molecule has 1 aliphatic heterocycles. The van der Waals surface area contributed by atoms with Crippen LogP contribution in [0.3, 0.4) is 0 Å². The van der Waals surface area contributed by atoms with Crippen molar-refractivity contribution in [2.45, 2.75) is 51.0 Å². The van der Waals surface area contributed by atoms with Crippen molar-refractivity contribution in [1.29, 1.82) is 0 Å². The van der Waals surface area contributed by atoms with Crippen molar-refractivity contribution < 1.29 is 9.53 Å². The van der Waals surface area contributed by atoms with Gasteiger partial charge in [-0.15, -0.1) is 0 Å². The second-order valence-corrected chi connectivity index (χ2v) is 5.57. The summed E-state index contributed by atoms with van der Waals surface area (Å²) in [5.41, 5.74) is 0. The molecule has 2 fully saturated rings. The maximum atomic E-state index is 11.7. The predicted molar refractivity (Wildman–Crippen MR) is 71.4 cm³/mol. The molecule has 0 atom stereocenters. The molecular weight excluding hydrogens is 228 g/mol. The van der Waals surface area contributed by atoms with E-state index in [1.165, 1.54) is 32.1 Å². The lowest BCUT2D eigenvalue weighted by molar-refractivity contribution is -0.128. The first-order chi connectivity index (χ1) is 8.84. The minimum atomic E-state index is 0.0547. The zero-order valence-electron chi connectivity index (χ0n) is 11.2. The summed E-state index contributed by atoms with van der Waals surface area (Å²) in [6.45, 7) is 3.09. The number of ether oxygens (including phenoxy) is 1. The zero-order chi connectivity index (χ0) is 12.6. The molecule has 1 amide bonds. The molecule has 0 aromatic heterocycles. The van der Waals surface area contributed by atoms with E-state index in [1.807, 2.05) is 0 Å². The highest BCUT2D eigenvalue weighted by atomic mass is 16.5. The number of nitrogens with one attached hydrogen (secondary N) is 2. The maximum absolute atomic E-state index is 11.7. The molecule has 0 radical (unpaired) electrons. The minimum absolute atomic E-state index is 0.0547. The molecule has 1 saturated carbocycles. The standard InChI is InChI=1S/C14H26N2O2/c17-14(11-18-13-6-8-15-9-7-13)16-10-12-4-2-1-3-5-12/h12-13,15H,1-11H2,(H,16,17).